The Hall–Kier alpha value is -2.73. The number of amides is 1. The van der Waals surface area contributed by atoms with Gasteiger partial charge in [0.25, 0.3) is 0 Å². The molecule has 1 N–H and O–H groups in total. The summed E-state index contributed by atoms with van der Waals surface area (Å²) in [7, 11) is 3.15. The van der Waals surface area contributed by atoms with Crippen LogP contribution in [-0.2, 0) is 4.79 Å². The first-order valence-corrected chi connectivity index (χ1v) is 9.93. The highest BCUT2D eigenvalue weighted by Gasteiger charge is 2.12. The standard InChI is InChI=1S/C22H24N2O3S/c1-13-8-14(2)21-16(9-13)10-15(3)22(24-21)28-12-20(25)23-18-11-17(26-4)6-7-19(18)27-5/h6-11H,12H2,1-5H3,(H,23,25). The highest BCUT2D eigenvalue weighted by atomic mass is 32.2. The van der Waals surface area contributed by atoms with Gasteiger partial charge in [-0.25, -0.2) is 4.98 Å². The van der Waals surface area contributed by atoms with E-state index in [1.807, 2.05) is 6.92 Å². The van der Waals surface area contributed by atoms with Crippen LogP contribution in [0.15, 0.2) is 41.4 Å². The number of carbonyl (C=O) groups is 1. The van der Waals surface area contributed by atoms with E-state index in [0.29, 0.717) is 17.2 Å². The number of carbonyl (C=O) groups excluding carboxylic acids is 1. The molecule has 0 radical (unpaired) electrons. The molecule has 0 saturated heterocycles. The van der Waals surface area contributed by atoms with Crippen molar-refractivity contribution in [1.29, 1.82) is 0 Å². The molecular weight excluding hydrogens is 372 g/mol. The summed E-state index contributed by atoms with van der Waals surface area (Å²) in [6, 6.07) is 11.7. The molecule has 1 heterocycles. The number of rotatable bonds is 6. The van der Waals surface area contributed by atoms with Gasteiger partial charge in [-0.1, -0.05) is 23.4 Å². The third-order valence-electron chi connectivity index (χ3n) is 4.42. The van der Waals surface area contributed by atoms with Crippen LogP contribution >= 0.6 is 11.8 Å². The summed E-state index contributed by atoms with van der Waals surface area (Å²) in [5.74, 6) is 1.37. The number of benzene rings is 2. The van der Waals surface area contributed by atoms with Gasteiger partial charge in [-0.2, -0.15) is 0 Å². The van der Waals surface area contributed by atoms with Crippen LogP contribution in [0.25, 0.3) is 10.9 Å². The summed E-state index contributed by atoms with van der Waals surface area (Å²) < 4.78 is 10.5. The Balaban J connectivity index is 1.75. The second kappa shape index (κ2) is 8.52. The van der Waals surface area contributed by atoms with Crippen LogP contribution in [0.1, 0.15) is 16.7 Å². The number of aromatic nitrogens is 1. The Morgan fingerprint density at radius 2 is 1.82 bits per heavy atom. The minimum absolute atomic E-state index is 0.126. The van der Waals surface area contributed by atoms with E-state index in [-0.39, 0.29) is 11.7 Å². The number of pyridine rings is 1. The molecule has 6 heteroatoms. The zero-order chi connectivity index (χ0) is 20.3. The zero-order valence-electron chi connectivity index (χ0n) is 16.8. The molecule has 3 aromatic rings. The van der Waals surface area contributed by atoms with Gasteiger partial charge in [0, 0.05) is 11.5 Å². The fraction of sp³-hybridized carbons (Fsp3) is 0.273. The molecule has 146 valence electrons. The number of nitrogens with zero attached hydrogens (tertiary/aromatic N) is 1. The van der Waals surface area contributed by atoms with Crippen molar-refractivity contribution >= 4 is 34.3 Å². The first kappa shape index (κ1) is 20.0. The van der Waals surface area contributed by atoms with Crippen LogP contribution < -0.4 is 14.8 Å². The van der Waals surface area contributed by atoms with Gasteiger partial charge < -0.3 is 14.8 Å². The number of hydrogen-bond acceptors (Lipinski definition) is 5. The third kappa shape index (κ3) is 4.39. The van der Waals surface area contributed by atoms with Gasteiger partial charge in [-0.3, -0.25) is 4.79 Å². The summed E-state index contributed by atoms with van der Waals surface area (Å²) in [6.07, 6.45) is 0. The number of ether oxygens (including phenoxy) is 2. The van der Waals surface area contributed by atoms with Gasteiger partial charge in [0.2, 0.25) is 5.91 Å². The lowest BCUT2D eigenvalue weighted by Crippen LogP contribution is -2.15. The van der Waals surface area contributed by atoms with Crippen molar-refractivity contribution in [1.82, 2.24) is 4.98 Å². The van der Waals surface area contributed by atoms with Crippen LogP contribution in [-0.4, -0.2) is 30.9 Å². The van der Waals surface area contributed by atoms with E-state index >= 15 is 0 Å². The van der Waals surface area contributed by atoms with Gasteiger partial charge in [0.15, 0.2) is 0 Å². The molecule has 1 aromatic heterocycles. The van der Waals surface area contributed by atoms with Crippen molar-refractivity contribution in [3.63, 3.8) is 0 Å². The van der Waals surface area contributed by atoms with Crippen LogP contribution in [0, 0.1) is 20.8 Å². The molecule has 0 saturated carbocycles. The van der Waals surface area contributed by atoms with E-state index in [0.717, 1.165) is 27.1 Å². The van der Waals surface area contributed by atoms with Crippen molar-refractivity contribution < 1.29 is 14.3 Å². The summed E-state index contributed by atoms with van der Waals surface area (Å²) in [5, 5.41) is 4.89. The van der Waals surface area contributed by atoms with E-state index < -0.39 is 0 Å². The van der Waals surface area contributed by atoms with Crippen molar-refractivity contribution in [3.8, 4) is 11.5 Å². The molecule has 3 rings (SSSR count). The maximum Gasteiger partial charge on any atom is 0.234 e. The van der Waals surface area contributed by atoms with Crippen molar-refractivity contribution in [3.05, 3.63) is 53.1 Å². The maximum absolute atomic E-state index is 12.5. The third-order valence-corrected chi connectivity index (χ3v) is 5.51. The SMILES string of the molecule is COc1ccc(OC)c(NC(=O)CSc2nc3c(C)cc(C)cc3cc2C)c1. The molecule has 0 bridgehead atoms. The Bertz CT molecular complexity index is 1030. The second-order valence-electron chi connectivity index (χ2n) is 6.67. The van der Waals surface area contributed by atoms with Gasteiger partial charge in [0.1, 0.15) is 16.5 Å². The molecule has 5 nitrogen and oxygen atoms in total. The summed E-state index contributed by atoms with van der Waals surface area (Å²) >= 11 is 1.43. The number of aryl methyl sites for hydroxylation is 3. The summed E-state index contributed by atoms with van der Waals surface area (Å²) in [4.78, 5) is 17.3. The van der Waals surface area contributed by atoms with Crippen molar-refractivity contribution in [2.24, 2.45) is 0 Å². The number of fused-ring (bicyclic) bond motifs is 1. The van der Waals surface area contributed by atoms with E-state index in [4.69, 9.17) is 14.5 Å². The largest absolute Gasteiger partial charge is 0.497 e. The fourth-order valence-electron chi connectivity index (χ4n) is 3.12. The molecule has 0 fully saturated rings. The van der Waals surface area contributed by atoms with E-state index in [1.165, 1.54) is 17.3 Å². The average Bonchev–Trinajstić information content (AvgIpc) is 2.66. The minimum atomic E-state index is -0.126. The number of thioether (sulfide) groups is 1. The Kier molecular flexibility index (Phi) is 6.09. The van der Waals surface area contributed by atoms with E-state index in [9.17, 15) is 4.79 Å². The van der Waals surface area contributed by atoms with Crippen LogP contribution in [0.3, 0.4) is 0 Å². The summed E-state index contributed by atoms with van der Waals surface area (Å²) in [6.45, 7) is 6.17. The Morgan fingerprint density at radius 3 is 2.54 bits per heavy atom. The van der Waals surface area contributed by atoms with Crippen LogP contribution in [0.2, 0.25) is 0 Å². The van der Waals surface area contributed by atoms with Crippen molar-refractivity contribution in [2.75, 3.05) is 25.3 Å². The summed E-state index contributed by atoms with van der Waals surface area (Å²) in [5.41, 5.74) is 4.99. The second-order valence-corrected chi connectivity index (χ2v) is 7.63. The molecule has 0 aliphatic carbocycles. The van der Waals surface area contributed by atoms with Gasteiger partial charge in [0.05, 0.1) is 31.2 Å². The van der Waals surface area contributed by atoms with Crippen LogP contribution in [0.5, 0.6) is 11.5 Å². The highest BCUT2D eigenvalue weighted by molar-refractivity contribution is 8.00. The molecular formula is C22H24N2O3S. The number of hydrogen-bond donors (Lipinski definition) is 1. The fourth-order valence-corrected chi connectivity index (χ4v) is 3.90. The monoisotopic (exact) mass is 396 g/mol. The molecule has 1 amide bonds. The number of nitrogens with one attached hydrogen (secondary N) is 1. The molecule has 0 aliphatic rings. The first-order chi connectivity index (χ1) is 13.4. The lowest BCUT2D eigenvalue weighted by atomic mass is 10.1. The number of anilines is 1. The molecule has 28 heavy (non-hydrogen) atoms. The molecule has 0 atom stereocenters. The predicted molar refractivity (Wildman–Crippen MR) is 115 cm³/mol. The smallest absolute Gasteiger partial charge is 0.234 e. The topological polar surface area (TPSA) is 60.5 Å². The normalized spacial score (nSPS) is 10.8. The van der Waals surface area contributed by atoms with Gasteiger partial charge in [-0.15, -0.1) is 0 Å². The lowest BCUT2D eigenvalue weighted by molar-refractivity contribution is -0.113. The highest BCUT2D eigenvalue weighted by Crippen LogP contribution is 2.30. The zero-order valence-corrected chi connectivity index (χ0v) is 17.6. The molecule has 0 spiro atoms. The van der Waals surface area contributed by atoms with E-state index in [1.54, 1.807) is 32.4 Å². The van der Waals surface area contributed by atoms with Gasteiger partial charge in [-0.05, 0) is 56.2 Å². The van der Waals surface area contributed by atoms with Crippen molar-refractivity contribution in [2.45, 2.75) is 25.8 Å². The lowest BCUT2D eigenvalue weighted by Gasteiger charge is -2.12. The minimum Gasteiger partial charge on any atom is -0.497 e. The molecule has 0 unspecified atom stereocenters. The Morgan fingerprint density at radius 1 is 1.04 bits per heavy atom. The quantitative estimate of drug-likeness (QED) is 0.600. The predicted octanol–water partition coefficient (Wildman–Crippen LogP) is 4.91. The molecule has 2 aromatic carbocycles. The van der Waals surface area contributed by atoms with Crippen LogP contribution in [0.4, 0.5) is 5.69 Å². The van der Waals surface area contributed by atoms with Gasteiger partial charge >= 0.3 is 0 Å². The first-order valence-electron chi connectivity index (χ1n) is 8.94. The average molecular weight is 397 g/mol. The number of methoxy groups -OCH3 is 2. The Labute approximate surface area is 169 Å². The van der Waals surface area contributed by atoms with E-state index in [2.05, 4.69) is 37.4 Å². The molecule has 0 aliphatic heterocycles. The maximum atomic E-state index is 12.5.